The van der Waals surface area contributed by atoms with E-state index in [4.69, 9.17) is 9.47 Å². The van der Waals surface area contributed by atoms with Crippen molar-refractivity contribution in [2.24, 2.45) is 0 Å². The third-order valence-electron chi connectivity index (χ3n) is 3.43. The van der Waals surface area contributed by atoms with Gasteiger partial charge in [0.25, 0.3) is 0 Å². The predicted octanol–water partition coefficient (Wildman–Crippen LogP) is 2.20. The van der Waals surface area contributed by atoms with E-state index in [2.05, 4.69) is 19.2 Å². The van der Waals surface area contributed by atoms with Crippen LogP contribution in [0, 0.1) is 0 Å². The van der Waals surface area contributed by atoms with Crippen LogP contribution in [0.2, 0.25) is 0 Å². The highest BCUT2D eigenvalue weighted by atomic mass is 16.5. The van der Waals surface area contributed by atoms with Gasteiger partial charge in [0.2, 0.25) is 0 Å². The van der Waals surface area contributed by atoms with Crippen molar-refractivity contribution in [3.63, 3.8) is 0 Å². The smallest absolute Gasteiger partial charge is 0.180 e. The van der Waals surface area contributed by atoms with Crippen LogP contribution in [0.25, 0.3) is 0 Å². The summed E-state index contributed by atoms with van der Waals surface area (Å²) in [4.78, 5) is 12.5. The second kappa shape index (κ2) is 5.61. The molecular formula is C15H21NO3. The summed E-state index contributed by atoms with van der Waals surface area (Å²) in [5.41, 5.74) is 1.80. The first-order valence-corrected chi connectivity index (χ1v) is 6.62. The number of carbonyl (C=O) groups excluding carboxylic acids is 1. The third-order valence-corrected chi connectivity index (χ3v) is 3.43. The number of rotatable bonds is 4. The van der Waals surface area contributed by atoms with E-state index in [9.17, 15) is 4.79 Å². The minimum absolute atomic E-state index is 0.0920. The van der Waals surface area contributed by atoms with E-state index < -0.39 is 0 Å². The molecule has 0 heterocycles. The van der Waals surface area contributed by atoms with Crippen molar-refractivity contribution >= 4 is 5.78 Å². The van der Waals surface area contributed by atoms with Crippen LogP contribution in [-0.2, 0) is 6.42 Å². The maximum atomic E-state index is 12.5. The summed E-state index contributed by atoms with van der Waals surface area (Å²) in [7, 11) is 3.19. The lowest BCUT2D eigenvalue weighted by molar-refractivity contribution is 0.0922. The topological polar surface area (TPSA) is 47.6 Å². The zero-order valence-corrected chi connectivity index (χ0v) is 11.9. The molecule has 1 aliphatic carbocycles. The fraction of sp³-hybridized carbons (Fsp3) is 0.533. The highest BCUT2D eigenvalue weighted by Crippen LogP contribution is 2.34. The van der Waals surface area contributed by atoms with Crippen LogP contribution in [-0.4, -0.2) is 32.1 Å². The fourth-order valence-electron chi connectivity index (χ4n) is 2.54. The van der Waals surface area contributed by atoms with Crippen LogP contribution in [0.15, 0.2) is 12.1 Å². The highest BCUT2D eigenvalue weighted by Gasteiger charge is 2.29. The van der Waals surface area contributed by atoms with E-state index >= 15 is 0 Å². The molecule has 1 unspecified atom stereocenters. The predicted molar refractivity (Wildman–Crippen MR) is 74.3 cm³/mol. The van der Waals surface area contributed by atoms with Crippen LogP contribution in [0.5, 0.6) is 11.5 Å². The Morgan fingerprint density at radius 2 is 1.84 bits per heavy atom. The summed E-state index contributed by atoms with van der Waals surface area (Å²) >= 11 is 0. The first-order chi connectivity index (χ1) is 9.06. The number of aryl methyl sites for hydroxylation is 1. The van der Waals surface area contributed by atoms with Crippen molar-refractivity contribution in [3.05, 3.63) is 23.3 Å². The largest absolute Gasteiger partial charge is 0.493 e. The SMILES string of the molecule is COc1cc2c(cc1OC)C(=O)C(NC(C)C)CC2. The molecule has 4 heteroatoms. The zero-order valence-electron chi connectivity index (χ0n) is 11.9. The number of hydrogen-bond acceptors (Lipinski definition) is 4. The Morgan fingerprint density at radius 3 is 2.42 bits per heavy atom. The maximum absolute atomic E-state index is 12.5. The van der Waals surface area contributed by atoms with Gasteiger partial charge in [0, 0.05) is 11.6 Å². The molecule has 2 rings (SSSR count). The van der Waals surface area contributed by atoms with Crippen LogP contribution in [0.3, 0.4) is 0 Å². The van der Waals surface area contributed by atoms with Crippen LogP contribution in [0.4, 0.5) is 0 Å². The molecule has 0 saturated carbocycles. The summed E-state index contributed by atoms with van der Waals surface area (Å²) in [5, 5.41) is 3.32. The van der Waals surface area contributed by atoms with Crippen molar-refractivity contribution in [2.75, 3.05) is 14.2 Å². The van der Waals surface area contributed by atoms with E-state index in [1.807, 2.05) is 6.07 Å². The van der Waals surface area contributed by atoms with E-state index in [1.165, 1.54) is 0 Å². The zero-order chi connectivity index (χ0) is 14.0. The molecule has 104 valence electrons. The lowest BCUT2D eigenvalue weighted by Gasteiger charge is -2.26. The Balaban J connectivity index is 2.35. The molecule has 19 heavy (non-hydrogen) atoms. The molecule has 1 aliphatic rings. The van der Waals surface area contributed by atoms with E-state index in [1.54, 1.807) is 20.3 Å². The van der Waals surface area contributed by atoms with Gasteiger partial charge < -0.3 is 14.8 Å². The second-order valence-corrected chi connectivity index (χ2v) is 5.14. The fourth-order valence-corrected chi connectivity index (χ4v) is 2.54. The highest BCUT2D eigenvalue weighted by molar-refractivity contribution is 6.03. The Morgan fingerprint density at radius 1 is 1.21 bits per heavy atom. The van der Waals surface area contributed by atoms with Gasteiger partial charge in [0.1, 0.15) is 0 Å². The Labute approximate surface area is 114 Å². The molecule has 0 bridgehead atoms. The van der Waals surface area contributed by atoms with Crippen molar-refractivity contribution in [2.45, 2.75) is 38.8 Å². The van der Waals surface area contributed by atoms with Gasteiger partial charge in [-0.25, -0.2) is 0 Å². The van der Waals surface area contributed by atoms with Crippen molar-refractivity contribution in [1.29, 1.82) is 0 Å². The number of ether oxygens (including phenoxy) is 2. The van der Waals surface area contributed by atoms with Crippen LogP contribution >= 0.6 is 0 Å². The normalized spacial score (nSPS) is 18.4. The molecule has 1 aromatic carbocycles. The number of carbonyl (C=O) groups is 1. The van der Waals surface area contributed by atoms with Gasteiger partial charge in [-0.15, -0.1) is 0 Å². The number of ketones is 1. The maximum Gasteiger partial charge on any atom is 0.180 e. The molecule has 0 aromatic heterocycles. The number of fused-ring (bicyclic) bond motifs is 1. The van der Waals surface area contributed by atoms with Crippen LogP contribution in [0.1, 0.15) is 36.2 Å². The van der Waals surface area contributed by atoms with Gasteiger partial charge in [-0.05, 0) is 30.5 Å². The van der Waals surface area contributed by atoms with E-state index in [0.717, 1.165) is 24.0 Å². The van der Waals surface area contributed by atoms with Gasteiger partial charge >= 0.3 is 0 Å². The second-order valence-electron chi connectivity index (χ2n) is 5.14. The molecule has 0 spiro atoms. The van der Waals surface area contributed by atoms with Crippen LogP contribution < -0.4 is 14.8 Å². The minimum Gasteiger partial charge on any atom is -0.493 e. The van der Waals surface area contributed by atoms with Crippen molar-refractivity contribution in [3.8, 4) is 11.5 Å². The van der Waals surface area contributed by atoms with Gasteiger partial charge in [0.15, 0.2) is 17.3 Å². The molecule has 1 atom stereocenters. The third kappa shape index (κ3) is 2.73. The first-order valence-electron chi connectivity index (χ1n) is 6.62. The summed E-state index contributed by atoms with van der Waals surface area (Å²) in [6.07, 6.45) is 1.71. The molecule has 0 fully saturated rings. The van der Waals surface area contributed by atoms with Gasteiger partial charge in [-0.3, -0.25) is 4.79 Å². The summed E-state index contributed by atoms with van der Waals surface area (Å²) in [6.45, 7) is 4.11. The first kappa shape index (κ1) is 13.9. The number of benzene rings is 1. The van der Waals surface area contributed by atoms with Crippen molar-refractivity contribution < 1.29 is 14.3 Å². The standard InChI is InChI=1S/C15H21NO3/c1-9(2)16-12-6-5-10-7-13(18-3)14(19-4)8-11(10)15(12)17/h7-9,12,16H,5-6H2,1-4H3. The van der Waals surface area contributed by atoms with Gasteiger partial charge in [-0.1, -0.05) is 13.8 Å². The van der Waals surface area contributed by atoms with Gasteiger partial charge in [0.05, 0.1) is 20.3 Å². The Bertz CT molecular complexity index is 483. The molecule has 0 saturated heterocycles. The Kier molecular flexibility index (Phi) is 4.10. The number of hydrogen-bond donors (Lipinski definition) is 1. The summed E-state index contributed by atoms with van der Waals surface area (Å²) in [5.74, 6) is 1.44. The molecule has 4 nitrogen and oxygen atoms in total. The molecule has 0 aliphatic heterocycles. The quantitative estimate of drug-likeness (QED) is 0.904. The molecular weight excluding hydrogens is 242 g/mol. The molecule has 1 N–H and O–H groups in total. The van der Waals surface area contributed by atoms with E-state index in [-0.39, 0.29) is 11.8 Å². The lowest BCUT2D eigenvalue weighted by Crippen LogP contribution is -2.43. The minimum atomic E-state index is -0.0920. The molecule has 0 amide bonds. The summed E-state index contributed by atoms with van der Waals surface area (Å²) < 4.78 is 10.5. The van der Waals surface area contributed by atoms with Crippen molar-refractivity contribution in [1.82, 2.24) is 5.32 Å². The average Bonchev–Trinajstić information content (AvgIpc) is 2.40. The summed E-state index contributed by atoms with van der Waals surface area (Å²) in [6, 6.07) is 3.92. The monoisotopic (exact) mass is 263 g/mol. The molecule has 0 radical (unpaired) electrons. The number of nitrogens with one attached hydrogen (secondary N) is 1. The Hall–Kier alpha value is -1.55. The average molecular weight is 263 g/mol. The number of methoxy groups -OCH3 is 2. The van der Waals surface area contributed by atoms with E-state index in [0.29, 0.717) is 17.5 Å². The molecule has 1 aromatic rings. The lowest BCUT2D eigenvalue weighted by atomic mass is 9.86. The number of Topliss-reactive ketones (excluding diaryl/α,β-unsaturated/α-hetero) is 1. The van der Waals surface area contributed by atoms with Gasteiger partial charge in [-0.2, -0.15) is 0 Å².